The summed E-state index contributed by atoms with van der Waals surface area (Å²) in [5.74, 6) is 1.61. The van der Waals surface area contributed by atoms with Crippen molar-refractivity contribution < 1.29 is 22.4 Å². The summed E-state index contributed by atoms with van der Waals surface area (Å²) in [7, 11) is -3.51. The molecule has 1 aromatic heterocycles. The summed E-state index contributed by atoms with van der Waals surface area (Å²) in [5, 5.41) is 4.07. The van der Waals surface area contributed by atoms with Crippen LogP contribution < -0.4 is 0 Å². The number of nitrogens with zero attached hydrogens (tertiary/aromatic N) is 3. The summed E-state index contributed by atoms with van der Waals surface area (Å²) in [4.78, 5) is 4.83. The summed E-state index contributed by atoms with van der Waals surface area (Å²) in [6, 6.07) is 8.55. The van der Waals surface area contributed by atoms with Crippen molar-refractivity contribution in [3.05, 3.63) is 42.0 Å². The Balaban J connectivity index is 1.29. The SMILES string of the molecule is O=S(=O)(c1ccccc1)N1CCCC(c2nc(CCOCC3CCOCC3)no2)C1. The molecule has 1 atom stereocenters. The zero-order valence-electron chi connectivity index (χ0n) is 17.1. The van der Waals surface area contributed by atoms with Crippen molar-refractivity contribution in [3.8, 4) is 0 Å². The van der Waals surface area contributed by atoms with E-state index in [1.165, 1.54) is 4.31 Å². The third kappa shape index (κ3) is 5.26. The monoisotopic (exact) mass is 435 g/mol. The second-order valence-electron chi connectivity index (χ2n) is 7.94. The van der Waals surface area contributed by atoms with E-state index in [0.29, 0.717) is 48.6 Å². The molecule has 2 saturated heterocycles. The lowest BCUT2D eigenvalue weighted by atomic mass is 10.00. The first kappa shape index (κ1) is 21.4. The van der Waals surface area contributed by atoms with Crippen LogP contribution in [0.1, 0.15) is 43.3 Å². The van der Waals surface area contributed by atoms with Crippen LogP contribution >= 0.6 is 0 Å². The third-order valence-corrected chi connectivity index (χ3v) is 7.64. The third-order valence-electron chi connectivity index (χ3n) is 5.76. The van der Waals surface area contributed by atoms with Gasteiger partial charge in [-0.05, 0) is 43.7 Å². The second kappa shape index (κ2) is 10.00. The van der Waals surface area contributed by atoms with Gasteiger partial charge in [0.15, 0.2) is 5.82 Å². The number of sulfonamides is 1. The van der Waals surface area contributed by atoms with Gasteiger partial charge in [-0.1, -0.05) is 23.4 Å². The molecule has 2 aliphatic rings. The van der Waals surface area contributed by atoms with E-state index in [1.807, 2.05) is 6.07 Å². The van der Waals surface area contributed by atoms with E-state index < -0.39 is 10.0 Å². The number of ether oxygens (including phenoxy) is 2. The molecule has 4 rings (SSSR count). The van der Waals surface area contributed by atoms with Crippen LogP contribution in [0.2, 0.25) is 0 Å². The largest absolute Gasteiger partial charge is 0.381 e. The summed E-state index contributed by atoms with van der Waals surface area (Å²) >= 11 is 0. The Kier molecular flexibility index (Phi) is 7.14. The summed E-state index contributed by atoms with van der Waals surface area (Å²) < 4.78 is 43.9. The molecule has 0 bridgehead atoms. The Labute approximate surface area is 177 Å². The maximum Gasteiger partial charge on any atom is 0.243 e. The van der Waals surface area contributed by atoms with Crippen LogP contribution in [-0.4, -0.2) is 62.4 Å². The highest BCUT2D eigenvalue weighted by Gasteiger charge is 2.33. The Bertz CT molecular complexity index is 896. The quantitative estimate of drug-likeness (QED) is 0.588. The standard InChI is InChI=1S/C21H29N3O5S/c25-30(26,19-6-2-1-3-7-19)24-11-4-5-18(15-24)21-22-20(23-29-21)10-14-28-16-17-8-12-27-13-9-17/h1-3,6-7,17-18H,4-5,8-16H2. The van der Waals surface area contributed by atoms with Gasteiger partial charge in [-0.25, -0.2) is 8.42 Å². The molecule has 3 heterocycles. The minimum Gasteiger partial charge on any atom is -0.381 e. The fourth-order valence-electron chi connectivity index (χ4n) is 3.97. The van der Waals surface area contributed by atoms with Gasteiger partial charge in [-0.3, -0.25) is 0 Å². The molecule has 30 heavy (non-hydrogen) atoms. The molecule has 0 spiro atoms. The van der Waals surface area contributed by atoms with Crippen LogP contribution in [0.4, 0.5) is 0 Å². The molecule has 0 N–H and O–H groups in total. The average molecular weight is 436 g/mol. The molecule has 164 valence electrons. The van der Waals surface area contributed by atoms with Crippen LogP contribution in [0.25, 0.3) is 0 Å². The van der Waals surface area contributed by atoms with E-state index in [4.69, 9.17) is 14.0 Å². The molecule has 8 nitrogen and oxygen atoms in total. The highest BCUT2D eigenvalue weighted by atomic mass is 32.2. The van der Waals surface area contributed by atoms with Gasteiger partial charge in [-0.2, -0.15) is 9.29 Å². The fraction of sp³-hybridized carbons (Fsp3) is 0.619. The Hall–Kier alpha value is -1.81. The molecule has 1 aromatic carbocycles. The van der Waals surface area contributed by atoms with Gasteiger partial charge in [-0.15, -0.1) is 0 Å². The molecule has 2 aliphatic heterocycles. The van der Waals surface area contributed by atoms with Crippen molar-refractivity contribution >= 4 is 10.0 Å². The van der Waals surface area contributed by atoms with Crippen molar-refractivity contribution in [1.29, 1.82) is 0 Å². The van der Waals surface area contributed by atoms with Crippen molar-refractivity contribution in [2.45, 2.75) is 42.9 Å². The molecule has 0 radical (unpaired) electrons. The van der Waals surface area contributed by atoms with E-state index in [1.54, 1.807) is 24.3 Å². The number of rotatable bonds is 8. The van der Waals surface area contributed by atoms with Crippen LogP contribution in [-0.2, 0) is 25.9 Å². The lowest BCUT2D eigenvalue weighted by Crippen LogP contribution is -2.39. The molecule has 9 heteroatoms. The minimum absolute atomic E-state index is 0.0818. The number of hydrogen-bond acceptors (Lipinski definition) is 7. The van der Waals surface area contributed by atoms with E-state index in [-0.39, 0.29) is 5.92 Å². The van der Waals surface area contributed by atoms with Gasteiger partial charge in [0.2, 0.25) is 15.9 Å². The van der Waals surface area contributed by atoms with Crippen molar-refractivity contribution in [1.82, 2.24) is 14.4 Å². The van der Waals surface area contributed by atoms with Crippen molar-refractivity contribution in [2.75, 3.05) is 39.5 Å². The van der Waals surface area contributed by atoms with Gasteiger partial charge < -0.3 is 14.0 Å². The lowest BCUT2D eigenvalue weighted by Gasteiger charge is -2.30. The number of piperidine rings is 1. The molecule has 0 aliphatic carbocycles. The summed E-state index contributed by atoms with van der Waals surface area (Å²) in [6.45, 7) is 3.80. The Morgan fingerprint density at radius 2 is 1.93 bits per heavy atom. The first-order valence-corrected chi connectivity index (χ1v) is 12.1. The molecule has 0 amide bonds. The van der Waals surface area contributed by atoms with Gasteiger partial charge in [0, 0.05) is 39.3 Å². The first-order chi connectivity index (χ1) is 14.6. The highest BCUT2D eigenvalue weighted by molar-refractivity contribution is 7.89. The maximum absolute atomic E-state index is 12.9. The predicted molar refractivity (Wildman–Crippen MR) is 110 cm³/mol. The normalized spacial score (nSPS) is 21.7. The van der Waals surface area contributed by atoms with E-state index in [9.17, 15) is 8.42 Å². The maximum atomic E-state index is 12.9. The highest BCUT2D eigenvalue weighted by Crippen LogP contribution is 2.29. The second-order valence-corrected chi connectivity index (χ2v) is 9.88. The number of aromatic nitrogens is 2. The van der Waals surface area contributed by atoms with Gasteiger partial charge in [0.25, 0.3) is 0 Å². The predicted octanol–water partition coefficient (Wildman–Crippen LogP) is 2.62. The first-order valence-electron chi connectivity index (χ1n) is 10.7. The average Bonchev–Trinajstić information content (AvgIpc) is 3.27. The smallest absolute Gasteiger partial charge is 0.243 e. The van der Waals surface area contributed by atoms with E-state index >= 15 is 0 Å². The van der Waals surface area contributed by atoms with Crippen LogP contribution in [0.5, 0.6) is 0 Å². The molecule has 2 fully saturated rings. The number of benzene rings is 1. The number of hydrogen-bond donors (Lipinski definition) is 0. The lowest BCUT2D eigenvalue weighted by molar-refractivity contribution is 0.0211. The Morgan fingerprint density at radius 3 is 2.73 bits per heavy atom. The van der Waals surface area contributed by atoms with Crippen molar-refractivity contribution in [2.24, 2.45) is 5.92 Å². The van der Waals surface area contributed by atoms with Gasteiger partial charge in [0.05, 0.1) is 17.4 Å². The summed E-state index contributed by atoms with van der Waals surface area (Å²) in [5.41, 5.74) is 0. The zero-order valence-corrected chi connectivity index (χ0v) is 17.9. The molecular weight excluding hydrogens is 406 g/mol. The Morgan fingerprint density at radius 1 is 1.13 bits per heavy atom. The molecule has 0 saturated carbocycles. The summed E-state index contributed by atoms with van der Waals surface area (Å²) in [6.07, 6.45) is 4.30. The fourth-order valence-corrected chi connectivity index (χ4v) is 5.51. The van der Waals surface area contributed by atoms with E-state index in [2.05, 4.69) is 10.1 Å². The van der Waals surface area contributed by atoms with Crippen LogP contribution in [0.15, 0.2) is 39.8 Å². The molecule has 1 unspecified atom stereocenters. The minimum atomic E-state index is -3.51. The molecular formula is C21H29N3O5S. The zero-order chi connectivity index (χ0) is 20.8. The van der Waals surface area contributed by atoms with Crippen LogP contribution in [0, 0.1) is 5.92 Å². The topological polar surface area (TPSA) is 94.8 Å². The van der Waals surface area contributed by atoms with E-state index in [0.717, 1.165) is 45.5 Å². The molecule has 2 aromatic rings. The van der Waals surface area contributed by atoms with Crippen molar-refractivity contribution in [3.63, 3.8) is 0 Å². The van der Waals surface area contributed by atoms with Gasteiger partial charge in [0.1, 0.15) is 0 Å². The van der Waals surface area contributed by atoms with Crippen LogP contribution in [0.3, 0.4) is 0 Å². The van der Waals surface area contributed by atoms with Gasteiger partial charge >= 0.3 is 0 Å².